The fourth-order valence-electron chi connectivity index (χ4n) is 2.43. The fraction of sp³-hybridized carbons (Fsp3) is 0.438. The molecule has 21 heavy (non-hydrogen) atoms. The van der Waals surface area contributed by atoms with Crippen molar-refractivity contribution in [3.05, 3.63) is 45.1 Å². The van der Waals surface area contributed by atoms with E-state index in [1.165, 1.54) is 0 Å². The third kappa shape index (κ3) is 3.61. The second-order valence-corrected chi connectivity index (χ2v) is 6.11. The van der Waals surface area contributed by atoms with Gasteiger partial charge in [0.1, 0.15) is 0 Å². The lowest BCUT2D eigenvalue weighted by Crippen LogP contribution is -2.17. The molecule has 3 rings (SSSR count). The van der Waals surface area contributed by atoms with Crippen LogP contribution >= 0.6 is 11.3 Å². The summed E-state index contributed by atoms with van der Waals surface area (Å²) in [5.74, 6) is 0. The standard InChI is InChI=1S/C16H19NO3S/c18-16-13-9-12(15(17-16)14-5-4-8-21-14)10-19-6-2-1-3-7-20-11-13/h4-5,8-9H,1-3,6-7,10-11H2,(H,17,18). The molecular weight excluding hydrogens is 286 g/mol. The molecule has 5 heteroatoms. The second kappa shape index (κ2) is 7.02. The summed E-state index contributed by atoms with van der Waals surface area (Å²) in [4.78, 5) is 16.3. The monoisotopic (exact) mass is 305 g/mol. The van der Waals surface area contributed by atoms with Gasteiger partial charge in [-0.25, -0.2) is 0 Å². The van der Waals surface area contributed by atoms with Crippen LogP contribution in [0.25, 0.3) is 10.6 Å². The second-order valence-electron chi connectivity index (χ2n) is 5.17. The molecule has 1 aliphatic heterocycles. The van der Waals surface area contributed by atoms with Gasteiger partial charge in [-0.3, -0.25) is 4.79 Å². The van der Waals surface area contributed by atoms with Crippen molar-refractivity contribution in [3.63, 3.8) is 0 Å². The molecule has 0 spiro atoms. The molecule has 2 bridgehead atoms. The van der Waals surface area contributed by atoms with Crippen LogP contribution in [0.15, 0.2) is 28.4 Å². The molecule has 0 aliphatic carbocycles. The number of hydrogen-bond donors (Lipinski definition) is 1. The van der Waals surface area contributed by atoms with Gasteiger partial charge in [0.05, 0.1) is 23.8 Å². The van der Waals surface area contributed by atoms with Crippen LogP contribution in [0, 0.1) is 0 Å². The third-order valence-corrected chi connectivity index (χ3v) is 4.45. The van der Waals surface area contributed by atoms with Gasteiger partial charge >= 0.3 is 0 Å². The number of aromatic nitrogens is 1. The quantitative estimate of drug-likeness (QED) is 0.879. The van der Waals surface area contributed by atoms with E-state index in [0.717, 1.165) is 42.0 Å². The van der Waals surface area contributed by atoms with E-state index in [9.17, 15) is 4.79 Å². The zero-order chi connectivity index (χ0) is 14.5. The van der Waals surface area contributed by atoms with Crippen LogP contribution in [0.3, 0.4) is 0 Å². The summed E-state index contributed by atoms with van der Waals surface area (Å²) in [5.41, 5.74) is 2.50. The summed E-state index contributed by atoms with van der Waals surface area (Å²) in [5, 5.41) is 2.01. The van der Waals surface area contributed by atoms with Crippen molar-refractivity contribution < 1.29 is 9.47 Å². The van der Waals surface area contributed by atoms with Crippen molar-refractivity contribution >= 4 is 11.3 Å². The van der Waals surface area contributed by atoms with Crippen molar-refractivity contribution in [2.75, 3.05) is 13.2 Å². The Balaban J connectivity index is 1.96. The van der Waals surface area contributed by atoms with Crippen molar-refractivity contribution in [2.45, 2.75) is 32.5 Å². The maximum Gasteiger partial charge on any atom is 0.253 e. The highest BCUT2D eigenvalue weighted by Crippen LogP contribution is 2.26. The number of thiophene rings is 1. The highest BCUT2D eigenvalue weighted by atomic mass is 32.1. The topological polar surface area (TPSA) is 51.3 Å². The van der Waals surface area contributed by atoms with Gasteiger partial charge in [-0.15, -0.1) is 11.3 Å². The Morgan fingerprint density at radius 1 is 1.05 bits per heavy atom. The minimum absolute atomic E-state index is 0.0702. The number of fused-ring (bicyclic) bond motifs is 2. The summed E-state index contributed by atoms with van der Waals surface area (Å²) in [7, 11) is 0. The van der Waals surface area contributed by atoms with Gasteiger partial charge in [-0.05, 0) is 36.8 Å². The number of H-pyrrole nitrogens is 1. The van der Waals surface area contributed by atoms with Gasteiger partial charge in [0.25, 0.3) is 5.56 Å². The summed E-state index contributed by atoms with van der Waals surface area (Å²) < 4.78 is 11.4. The zero-order valence-electron chi connectivity index (χ0n) is 11.9. The predicted molar refractivity (Wildman–Crippen MR) is 83.5 cm³/mol. The minimum atomic E-state index is -0.0702. The molecule has 0 radical (unpaired) electrons. The first-order valence-corrected chi connectivity index (χ1v) is 8.17. The Morgan fingerprint density at radius 2 is 1.81 bits per heavy atom. The molecule has 3 heterocycles. The molecule has 0 saturated heterocycles. The average molecular weight is 305 g/mol. The molecule has 0 aromatic carbocycles. The first kappa shape index (κ1) is 14.5. The van der Waals surface area contributed by atoms with Crippen LogP contribution in [0.5, 0.6) is 0 Å². The number of ether oxygens (including phenoxy) is 2. The summed E-state index contributed by atoms with van der Waals surface area (Å²) in [6.45, 7) is 2.34. The molecule has 1 aliphatic rings. The Bertz CT molecular complexity index is 633. The summed E-state index contributed by atoms with van der Waals surface area (Å²) in [6, 6.07) is 5.92. The Hall–Kier alpha value is -1.43. The van der Waals surface area contributed by atoms with E-state index in [-0.39, 0.29) is 5.56 Å². The van der Waals surface area contributed by atoms with Crippen molar-refractivity contribution in [3.8, 4) is 10.6 Å². The van der Waals surface area contributed by atoms with Gasteiger partial charge < -0.3 is 14.5 Å². The van der Waals surface area contributed by atoms with Crippen LogP contribution in [0.1, 0.15) is 30.4 Å². The van der Waals surface area contributed by atoms with E-state index in [4.69, 9.17) is 9.47 Å². The lowest BCUT2D eigenvalue weighted by atomic mass is 10.1. The van der Waals surface area contributed by atoms with Gasteiger partial charge in [-0.2, -0.15) is 0 Å². The molecule has 4 nitrogen and oxygen atoms in total. The Morgan fingerprint density at radius 3 is 2.52 bits per heavy atom. The zero-order valence-corrected chi connectivity index (χ0v) is 12.7. The van der Waals surface area contributed by atoms with E-state index in [1.54, 1.807) is 11.3 Å². The summed E-state index contributed by atoms with van der Waals surface area (Å²) in [6.07, 6.45) is 3.16. The van der Waals surface area contributed by atoms with Gasteiger partial charge in [0.15, 0.2) is 0 Å². The van der Waals surface area contributed by atoms with Crippen molar-refractivity contribution in [1.29, 1.82) is 0 Å². The van der Waals surface area contributed by atoms with E-state index in [2.05, 4.69) is 4.98 Å². The number of hydrogen-bond acceptors (Lipinski definition) is 4. The highest BCUT2D eigenvalue weighted by molar-refractivity contribution is 7.13. The van der Waals surface area contributed by atoms with Crippen molar-refractivity contribution in [1.82, 2.24) is 4.98 Å². The molecule has 1 N–H and O–H groups in total. The van der Waals surface area contributed by atoms with Crippen LogP contribution in [0.4, 0.5) is 0 Å². The van der Waals surface area contributed by atoms with Gasteiger partial charge in [0.2, 0.25) is 0 Å². The predicted octanol–water partition coefficient (Wildman–Crippen LogP) is 3.32. The highest BCUT2D eigenvalue weighted by Gasteiger charge is 2.12. The van der Waals surface area contributed by atoms with E-state index < -0.39 is 0 Å². The lowest BCUT2D eigenvalue weighted by Gasteiger charge is -2.13. The Labute approximate surface area is 127 Å². The lowest BCUT2D eigenvalue weighted by molar-refractivity contribution is 0.0975. The molecule has 112 valence electrons. The Kier molecular flexibility index (Phi) is 4.85. The van der Waals surface area contributed by atoms with Crippen LogP contribution in [0.2, 0.25) is 0 Å². The molecule has 0 atom stereocenters. The number of aromatic amines is 1. The van der Waals surface area contributed by atoms with E-state index in [1.807, 2.05) is 23.6 Å². The molecule has 2 aromatic heterocycles. The maximum atomic E-state index is 12.2. The average Bonchev–Trinajstić information content (AvgIpc) is 2.99. The SMILES string of the molecule is O=c1[nH]c(-c2cccs2)c2cc1COCCCCCOC2. The van der Waals surface area contributed by atoms with Gasteiger partial charge in [0, 0.05) is 24.3 Å². The molecular formula is C16H19NO3S. The molecule has 0 unspecified atom stereocenters. The number of pyridine rings is 1. The van der Waals surface area contributed by atoms with E-state index in [0.29, 0.717) is 25.4 Å². The first-order valence-electron chi connectivity index (χ1n) is 7.29. The van der Waals surface area contributed by atoms with Crippen LogP contribution in [-0.2, 0) is 22.7 Å². The third-order valence-electron chi connectivity index (χ3n) is 3.56. The molecule has 0 saturated carbocycles. The minimum Gasteiger partial charge on any atom is -0.377 e. The molecule has 0 amide bonds. The molecule has 2 aromatic rings. The number of nitrogens with one attached hydrogen (secondary N) is 1. The van der Waals surface area contributed by atoms with Crippen molar-refractivity contribution in [2.24, 2.45) is 0 Å². The fourth-order valence-corrected chi connectivity index (χ4v) is 3.19. The van der Waals surface area contributed by atoms with Crippen LogP contribution in [-0.4, -0.2) is 18.2 Å². The smallest absolute Gasteiger partial charge is 0.253 e. The normalized spacial score (nSPS) is 17.0. The summed E-state index contributed by atoms with van der Waals surface area (Å²) >= 11 is 1.62. The van der Waals surface area contributed by atoms with Crippen LogP contribution < -0.4 is 5.56 Å². The largest absolute Gasteiger partial charge is 0.377 e. The van der Waals surface area contributed by atoms with E-state index >= 15 is 0 Å². The van der Waals surface area contributed by atoms with Gasteiger partial charge in [-0.1, -0.05) is 6.07 Å². The number of rotatable bonds is 1. The maximum absolute atomic E-state index is 12.2. The first-order chi connectivity index (χ1) is 10.3. The molecule has 0 fully saturated rings.